The Morgan fingerprint density at radius 2 is 1.85 bits per heavy atom. The van der Waals surface area contributed by atoms with Crippen molar-refractivity contribution < 1.29 is 17.6 Å². The van der Waals surface area contributed by atoms with Crippen LogP contribution in [0, 0.1) is 23.6 Å². The van der Waals surface area contributed by atoms with Gasteiger partial charge in [0.15, 0.2) is 0 Å². The van der Waals surface area contributed by atoms with E-state index in [1.807, 2.05) is 13.8 Å². The Kier molecular flexibility index (Phi) is 5.88. The molecule has 2 N–H and O–H groups in total. The molecule has 0 spiro atoms. The fourth-order valence-corrected chi connectivity index (χ4v) is 5.93. The third-order valence-electron chi connectivity index (χ3n) is 5.86. The third kappa shape index (κ3) is 4.02. The van der Waals surface area contributed by atoms with Gasteiger partial charge < -0.3 is 10.6 Å². The maximum Gasteiger partial charge on any atom is 0.243 e. The molecular formula is C19H28FN3O3S. The van der Waals surface area contributed by atoms with Crippen molar-refractivity contribution in [2.45, 2.75) is 43.7 Å². The lowest BCUT2D eigenvalue weighted by molar-refractivity contribution is -0.125. The highest BCUT2D eigenvalue weighted by Gasteiger charge is 2.47. The molecule has 8 heteroatoms. The molecule has 3 rings (SSSR count). The number of hydrogen-bond acceptors (Lipinski definition) is 4. The van der Waals surface area contributed by atoms with Gasteiger partial charge in [0.1, 0.15) is 5.82 Å². The van der Waals surface area contributed by atoms with Crippen LogP contribution in [-0.4, -0.2) is 50.9 Å². The van der Waals surface area contributed by atoms with Crippen LogP contribution in [0.25, 0.3) is 0 Å². The summed E-state index contributed by atoms with van der Waals surface area (Å²) in [5.41, 5.74) is 0. The average molecular weight is 398 g/mol. The Bertz CT molecular complexity index is 782. The highest BCUT2D eigenvalue weighted by molar-refractivity contribution is 7.89. The SMILES string of the molecule is CN[C@H](C(=O)NC1CC[C@H]2CN(S(=O)(=O)c3ccc(F)cc3)CC12)C(C)C. The van der Waals surface area contributed by atoms with E-state index < -0.39 is 15.8 Å². The molecule has 27 heavy (non-hydrogen) atoms. The van der Waals surface area contributed by atoms with Gasteiger partial charge in [-0.15, -0.1) is 0 Å². The van der Waals surface area contributed by atoms with Gasteiger partial charge in [0, 0.05) is 19.1 Å². The number of likely N-dealkylation sites (N-methyl/N-ethyl adjacent to an activating group) is 1. The van der Waals surface area contributed by atoms with E-state index in [0.29, 0.717) is 13.1 Å². The minimum Gasteiger partial charge on any atom is -0.352 e. The number of halogens is 1. The van der Waals surface area contributed by atoms with Gasteiger partial charge in [-0.05, 0) is 61.9 Å². The van der Waals surface area contributed by atoms with Crippen molar-refractivity contribution in [1.82, 2.24) is 14.9 Å². The largest absolute Gasteiger partial charge is 0.352 e. The molecule has 0 aromatic heterocycles. The molecule has 6 nitrogen and oxygen atoms in total. The van der Waals surface area contributed by atoms with E-state index in [1.165, 1.54) is 16.4 Å². The molecule has 150 valence electrons. The van der Waals surface area contributed by atoms with Crippen molar-refractivity contribution in [1.29, 1.82) is 0 Å². The van der Waals surface area contributed by atoms with Crippen LogP contribution < -0.4 is 10.6 Å². The molecule has 1 aromatic carbocycles. The monoisotopic (exact) mass is 397 g/mol. The van der Waals surface area contributed by atoms with E-state index >= 15 is 0 Å². The van der Waals surface area contributed by atoms with Gasteiger partial charge in [0.05, 0.1) is 10.9 Å². The maximum absolute atomic E-state index is 13.1. The van der Waals surface area contributed by atoms with Crippen LogP contribution in [0.1, 0.15) is 26.7 Å². The van der Waals surface area contributed by atoms with Crippen LogP contribution in [0.4, 0.5) is 4.39 Å². The predicted molar refractivity (Wildman–Crippen MR) is 101 cm³/mol. The lowest BCUT2D eigenvalue weighted by atomic mass is 9.97. The maximum atomic E-state index is 13.1. The number of hydrogen-bond donors (Lipinski definition) is 2. The molecule has 1 aliphatic carbocycles. The zero-order valence-electron chi connectivity index (χ0n) is 16.0. The Hall–Kier alpha value is -1.51. The summed E-state index contributed by atoms with van der Waals surface area (Å²) in [6.45, 7) is 4.83. The first-order chi connectivity index (χ1) is 12.7. The van der Waals surface area contributed by atoms with Crippen molar-refractivity contribution in [3.8, 4) is 0 Å². The minimum absolute atomic E-state index is 0.00878. The second kappa shape index (κ2) is 7.85. The Morgan fingerprint density at radius 3 is 2.44 bits per heavy atom. The lowest BCUT2D eigenvalue weighted by Gasteiger charge is -2.25. The molecule has 1 aliphatic heterocycles. The first-order valence-corrected chi connectivity index (χ1v) is 10.9. The van der Waals surface area contributed by atoms with Gasteiger partial charge in [-0.25, -0.2) is 12.8 Å². The van der Waals surface area contributed by atoms with Gasteiger partial charge in [-0.1, -0.05) is 13.8 Å². The fourth-order valence-electron chi connectivity index (χ4n) is 4.40. The summed E-state index contributed by atoms with van der Waals surface area (Å²) in [4.78, 5) is 12.7. The van der Waals surface area contributed by atoms with Gasteiger partial charge >= 0.3 is 0 Å². The Balaban J connectivity index is 1.69. The molecule has 1 aromatic rings. The molecular weight excluding hydrogens is 369 g/mol. The van der Waals surface area contributed by atoms with Gasteiger partial charge in [0.2, 0.25) is 15.9 Å². The molecule has 1 saturated heterocycles. The van der Waals surface area contributed by atoms with Crippen LogP contribution >= 0.6 is 0 Å². The Morgan fingerprint density at radius 1 is 1.19 bits per heavy atom. The molecule has 2 fully saturated rings. The van der Waals surface area contributed by atoms with Crippen molar-refractivity contribution >= 4 is 15.9 Å². The van der Waals surface area contributed by atoms with Crippen LogP contribution in [0.15, 0.2) is 29.2 Å². The minimum atomic E-state index is -3.64. The molecule has 4 atom stereocenters. The van der Waals surface area contributed by atoms with E-state index in [9.17, 15) is 17.6 Å². The second-order valence-electron chi connectivity index (χ2n) is 7.90. The van der Waals surface area contributed by atoms with E-state index in [1.54, 1.807) is 7.05 Å². The number of nitrogens with one attached hydrogen (secondary N) is 2. The lowest BCUT2D eigenvalue weighted by Crippen LogP contribution is -2.50. The zero-order valence-corrected chi connectivity index (χ0v) is 16.8. The molecule has 1 heterocycles. The smallest absolute Gasteiger partial charge is 0.243 e. The third-order valence-corrected chi connectivity index (χ3v) is 7.71. The number of benzene rings is 1. The summed E-state index contributed by atoms with van der Waals surface area (Å²) in [5, 5.41) is 6.17. The molecule has 1 saturated carbocycles. The standard InChI is InChI=1S/C19H28FN3O3S/c1-12(2)18(21-3)19(24)22-17-9-4-13-10-23(11-16(13)17)27(25,26)15-7-5-14(20)6-8-15/h5-8,12-13,16-18,21H,4,9-11H2,1-3H3,(H,22,24)/t13-,16?,17?,18-/m0/s1. The van der Waals surface area contributed by atoms with Crippen molar-refractivity contribution in [3.63, 3.8) is 0 Å². The highest BCUT2D eigenvalue weighted by Crippen LogP contribution is 2.40. The number of carbonyl (C=O) groups is 1. The first-order valence-electron chi connectivity index (χ1n) is 9.47. The fraction of sp³-hybridized carbons (Fsp3) is 0.632. The number of fused-ring (bicyclic) bond motifs is 1. The summed E-state index contributed by atoms with van der Waals surface area (Å²) in [6, 6.07) is 4.67. The van der Waals surface area contributed by atoms with Crippen molar-refractivity contribution in [2.24, 2.45) is 17.8 Å². The zero-order chi connectivity index (χ0) is 19.8. The number of rotatable bonds is 6. The van der Waals surface area contributed by atoms with E-state index in [2.05, 4.69) is 10.6 Å². The molecule has 2 unspecified atom stereocenters. The van der Waals surface area contributed by atoms with Gasteiger partial charge in [-0.2, -0.15) is 4.31 Å². The topological polar surface area (TPSA) is 78.5 Å². The number of sulfonamides is 1. The van der Waals surface area contributed by atoms with Crippen LogP contribution in [0.5, 0.6) is 0 Å². The number of carbonyl (C=O) groups excluding carboxylic acids is 1. The summed E-state index contributed by atoms with van der Waals surface area (Å²) in [6.07, 6.45) is 1.77. The Labute approximate surface area is 160 Å². The summed E-state index contributed by atoms with van der Waals surface area (Å²) in [5.74, 6) is 0.0508. The number of amides is 1. The van der Waals surface area contributed by atoms with Crippen LogP contribution in [-0.2, 0) is 14.8 Å². The van der Waals surface area contributed by atoms with E-state index in [4.69, 9.17) is 0 Å². The predicted octanol–water partition coefficient (Wildman–Crippen LogP) is 1.58. The first kappa shape index (κ1) is 20.2. The van der Waals surface area contributed by atoms with Crippen molar-refractivity contribution in [2.75, 3.05) is 20.1 Å². The summed E-state index contributed by atoms with van der Waals surface area (Å²) in [7, 11) is -1.87. The van der Waals surface area contributed by atoms with E-state index in [-0.39, 0.29) is 40.6 Å². The van der Waals surface area contributed by atoms with E-state index in [0.717, 1.165) is 25.0 Å². The second-order valence-corrected chi connectivity index (χ2v) is 9.84. The molecule has 0 radical (unpaired) electrons. The van der Waals surface area contributed by atoms with Gasteiger partial charge in [-0.3, -0.25) is 4.79 Å². The average Bonchev–Trinajstić information content (AvgIpc) is 3.18. The highest BCUT2D eigenvalue weighted by atomic mass is 32.2. The normalized spacial score (nSPS) is 26.9. The van der Waals surface area contributed by atoms with Crippen LogP contribution in [0.2, 0.25) is 0 Å². The summed E-state index contributed by atoms with van der Waals surface area (Å²) >= 11 is 0. The van der Waals surface area contributed by atoms with Crippen molar-refractivity contribution in [3.05, 3.63) is 30.1 Å². The molecule has 0 bridgehead atoms. The van der Waals surface area contributed by atoms with Gasteiger partial charge in [0.25, 0.3) is 0 Å². The molecule has 1 amide bonds. The quantitative estimate of drug-likeness (QED) is 0.764. The van der Waals surface area contributed by atoms with Crippen LogP contribution in [0.3, 0.4) is 0 Å². The molecule has 2 aliphatic rings. The number of nitrogens with zero attached hydrogens (tertiary/aromatic N) is 1. The summed E-state index contributed by atoms with van der Waals surface area (Å²) < 4.78 is 40.3.